The SMILES string of the molecule is CCCN1CCC(CNC(=NC)N2CCC(C3(C)NC(=O)NC3=O)CC2)C1.I. The number of carbonyl (C=O) groups is 2. The van der Waals surface area contributed by atoms with Gasteiger partial charge in [-0.05, 0) is 57.5 Å². The highest BCUT2D eigenvalue weighted by atomic mass is 127. The van der Waals surface area contributed by atoms with Crippen LogP contribution in [0.5, 0.6) is 0 Å². The number of rotatable bonds is 5. The van der Waals surface area contributed by atoms with Crippen molar-refractivity contribution < 1.29 is 9.59 Å². The number of likely N-dealkylation sites (tertiary alicyclic amines) is 2. The van der Waals surface area contributed by atoms with E-state index in [1.807, 2.05) is 14.0 Å². The molecule has 0 saturated carbocycles. The molecule has 160 valence electrons. The number of hydrogen-bond acceptors (Lipinski definition) is 4. The van der Waals surface area contributed by atoms with E-state index in [0.29, 0.717) is 5.92 Å². The average Bonchev–Trinajstić information content (AvgIpc) is 3.20. The summed E-state index contributed by atoms with van der Waals surface area (Å²) in [5.41, 5.74) is -0.785. The number of imide groups is 1. The Bertz CT molecular complexity index is 593. The van der Waals surface area contributed by atoms with Gasteiger partial charge in [0.2, 0.25) is 0 Å². The van der Waals surface area contributed by atoms with Gasteiger partial charge in [0.1, 0.15) is 5.54 Å². The number of amides is 3. The van der Waals surface area contributed by atoms with Crippen molar-refractivity contribution in [1.29, 1.82) is 0 Å². The van der Waals surface area contributed by atoms with E-state index in [9.17, 15) is 9.59 Å². The molecule has 8 nitrogen and oxygen atoms in total. The van der Waals surface area contributed by atoms with Crippen molar-refractivity contribution in [2.75, 3.05) is 46.3 Å². The standard InChI is InChI=1S/C19H34N6O2.HI/c1-4-8-24-9-5-14(13-24)12-21-17(20-3)25-10-6-15(7-11-25)19(2)16(26)22-18(27)23-19;/h14-15H,4-13H2,1-3H3,(H,20,21)(H2,22,23,26,27);1H. The lowest BCUT2D eigenvalue weighted by molar-refractivity contribution is -0.125. The fourth-order valence-corrected chi connectivity index (χ4v) is 4.68. The number of halogens is 1. The van der Waals surface area contributed by atoms with Crippen molar-refractivity contribution in [3.05, 3.63) is 0 Å². The second kappa shape index (κ2) is 10.1. The third-order valence-electron chi connectivity index (χ3n) is 6.35. The van der Waals surface area contributed by atoms with Crippen LogP contribution in [0, 0.1) is 11.8 Å². The van der Waals surface area contributed by atoms with Crippen LogP contribution in [0.1, 0.15) is 39.5 Å². The zero-order valence-electron chi connectivity index (χ0n) is 17.3. The van der Waals surface area contributed by atoms with Gasteiger partial charge in [-0.2, -0.15) is 0 Å². The topological polar surface area (TPSA) is 89.1 Å². The highest BCUT2D eigenvalue weighted by Gasteiger charge is 2.48. The molecule has 3 fully saturated rings. The van der Waals surface area contributed by atoms with Crippen LogP contribution in [0.2, 0.25) is 0 Å². The smallest absolute Gasteiger partial charge is 0.322 e. The second-order valence-electron chi connectivity index (χ2n) is 8.26. The predicted molar refractivity (Wildman–Crippen MR) is 121 cm³/mol. The van der Waals surface area contributed by atoms with E-state index in [4.69, 9.17) is 0 Å². The number of nitrogens with one attached hydrogen (secondary N) is 3. The molecule has 3 amide bonds. The van der Waals surface area contributed by atoms with Crippen molar-refractivity contribution in [2.45, 2.75) is 45.1 Å². The van der Waals surface area contributed by atoms with Gasteiger partial charge in [0.05, 0.1) is 0 Å². The molecule has 0 bridgehead atoms. The molecular weight excluding hydrogens is 471 g/mol. The third kappa shape index (κ3) is 5.08. The zero-order chi connectivity index (χ0) is 19.4. The number of carbonyl (C=O) groups excluding carboxylic acids is 2. The first-order valence-corrected chi connectivity index (χ1v) is 10.3. The van der Waals surface area contributed by atoms with Gasteiger partial charge in [-0.1, -0.05) is 6.92 Å². The van der Waals surface area contributed by atoms with Crippen molar-refractivity contribution >= 4 is 41.9 Å². The molecule has 3 heterocycles. The Hall–Kier alpha value is -1.10. The van der Waals surface area contributed by atoms with Gasteiger partial charge in [0.25, 0.3) is 5.91 Å². The average molecular weight is 506 g/mol. The summed E-state index contributed by atoms with van der Waals surface area (Å²) in [5, 5.41) is 8.74. The first-order valence-electron chi connectivity index (χ1n) is 10.3. The number of nitrogens with zero attached hydrogens (tertiary/aromatic N) is 3. The van der Waals surface area contributed by atoms with Crippen molar-refractivity contribution in [1.82, 2.24) is 25.8 Å². The Morgan fingerprint density at radius 2 is 1.96 bits per heavy atom. The summed E-state index contributed by atoms with van der Waals surface area (Å²) in [6.45, 7) is 10.3. The first kappa shape index (κ1) is 23.2. The molecule has 3 rings (SSSR count). The summed E-state index contributed by atoms with van der Waals surface area (Å²) in [6.07, 6.45) is 4.19. The third-order valence-corrected chi connectivity index (χ3v) is 6.35. The lowest BCUT2D eigenvalue weighted by Crippen LogP contribution is -2.55. The Labute approximate surface area is 185 Å². The van der Waals surface area contributed by atoms with Gasteiger partial charge in [-0.3, -0.25) is 15.1 Å². The molecule has 3 N–H and O–H groups in total. The first-order chi connectivity index (χ1) is 13.0. The van der Waals surface area contributed by atoms with E-state index in [2.05, 4.69) is 37.7 Å². The van der Waals surface area contributed by atoms with Crippen LogP contribution in [0.4, 0.5) is 4.79 Å². The van der Waals surface area contributed by atoms with Crippen LogP contribution in [0.15, 0.2) is 4.99 Å². The normalized spacial score (nSPS) is 29.5. The molecule has 9 heteroatoms. The maximum atomic E-state index is 12.2. The van der Waals surface area contributed by atoms with E-state index < -0.39 is 5.54 Å². The Balaban J connectivity index is 0.00000280. The van der Waals surface area contributed by atoms with E-state index in [1.54, 1.807) is 0 Å². The van der Waals surface area contributed by atoms with Gasteiger partial charge in [-0.15, -0.1) is 24.0 Å². The quantitative estimate of drug-likeness (QED) is 0.226. The van der Waals surface area contributed by atoms with Crippen LogP contribution >= 0.6 is 24.0 Å². The molecule has 0 aromatic heterocycles. The minimum atomic E-state index is -0.785. The van der Waals surface area contributed by atoms with Crippen molar-refractivity contribution in [2.24, 2.45) is 16.8 Å². The molecule has 0 aromatic rings. The van der Waals surface area contributed by atoms with E-state index >= 15 is 0 Å². The zero-order valence-corrected chi connectivity index (χ0v) is 19.6. The molecular formula is C19H35IN6O2. The van der Waals surface area contributed by atoms with Gasteiger partial charge in [-0.25, -0.2) is 4.79 Å². The van der Waals surface area contributed by atoms with Crippen LogP contribution in [0.3, 0.4) is 0 Å². The second-order valence-corrected chi connectivity index (χ2v) is 8.26. The highest BCUT2D eigenvalue weighted by molar-refractivity contribution is 14.0. The Morgan fingerprint density at radius 1 is 1.25 bits per heavy atom. The lowest BCUT2D eigenvalue weighted by Gasteiger charge is -2.39. The maximum Gasteiger partial charge on any atom is 0.322 e. The van der Waals surface area contributed by atoms with E-state index in [1.165, 1.54) is 32.5 Å². The molecule has 3 aliphatic rings. The number of aliphatic imine (C=N–C) groups is 1. The summed E-state index contributed by atoms with van der Waals surface area (Å²) in [7, 11) is 1.83. The molecule has 0 spiro atoms. The molecule has 28 heavy (non-hydrogen) atoms. The fourth-order valence-electron chi connectivity index (χ4n) is 4.68. The lowest BCUT2D eigenvalue weighted by atomic mass is 9.79. The monoisotopic (exact) mass is 506 g/mol. The highest BCUT2D eigenvalue weighted by Crippen LogP contribution is 2.30. The molecule has 0 aromatic carbocycles. The van der Waals surface area contributed by atoms with Crippen LogP contribution in [-0.4, -0.2) is 79.6 Å². The minimum absolute atomic E-state index is 0. The summed E-state index contributed by atoms with van der Waals surface area (Å²) >= 11 is 0. The minimum Gasteiger partial charge on any atom is -0.356 e. The van der Waals surface area contributed by atoms with Gasteiger partial charge < -0.3 is 20.4 Å². The molecule has 2 unspecified atom stereocenters. The fraction of sp³-hybridized carbons (Fsp3) is 0.842. The maximum absolute atomic E-state index is 12.2. The molecule has 3 saturated heterocycles. The number of guanidine groups is 1. The molecule has 0 radical (unpaired) electrons. The Kier molecular flexibility index (Phi) is 8.35. The van der Waals surface area contributed by atoms with Crippen molar-refractivity contribution in [3.8, 4) is 0 Å². The van der Waals surface area contributed by atoms with Gasteiger partial charge >= 0.3 is 6.03 Å². The van der Waals surface area contributed by atoms with E-state index in [-0.39, 0.29) is 41.8 Å². The van der Waals surface area contributed by atoms with E-state index in [0.717, 1.165) is 38.4 Å². The van der Waals surface area contributed by atoms with Crippen LogP contribution in [0.25, 0.3) is 0 Å². The Morgan fingerprint density at radius 3 is 2.54 bits per heavy atom. The summed E-state index contributed by atoms with van der Waals surface area (Å²) in [5.74, 6) is 1.58. The number of hydrogen-bond donors (Lipinski definition) is 3. The van der Waals surface area contributed by atoms with Gasteiger partial charge in [0, 0.05) is 33.2 Å². The number of urea groups is 1. The molecule has 2 atom stereocenters. The van der Waals surface area contributed by atoms with Crippen LogP contribution < -0.4 is 16.0 Å². The predicted octanol–water partition coefficient (Wildman–Crippen LogP) is 1.22. The number of piperidine rings is 1. The largest absolute Gasteiger partial charge is 0.356 e. The summed E-state index contributed by atoms with van der Waals surface area (Å²) in [4.78, 5) is 33.0. The van der Waals surface area contributed by atoms with Crippen molar-refractivity contribution in [3.63, 3.8) is 0 Å². The summed E-state index contributed by atoms with van der Waals surface area (Å²) in [6, 6.07) is -0.379. The summed E-state index contributed by atoms with van der Waals surface area (Å²) < 4.78 is 0. The molecule has 3 aliphatic heterocycles. The van der Waals surface area contributed by atoms with Crippen LogP contribution in [-0.2, 0) is 4.79 Å². The van der Waals surface area contributed by atoms with Gasteiger partial charge in [0.15, 0.2) is 5.96 Å². The molecule has 0 aliphatic carbocycles.